The highest BCUT2D eigenvalue weighted by atomic mass is 32.1. The highest BCUT2D eigenvalue weighted by molar-refractivity contribution is 7.18. The predicted octanol–water partition coefficient (Wildman–Crippen LogP) is 5.66. The van der Waals surface area contributed by atoms with Gasteiger partial charge in [-0.15, -0.1) is 11.3 Å². The molecular formula is C26H21FN6OS. The summed E-state index contributed by atoms with van der Waals surface area (Å²) < 4.78 is 15.8. The molecule has 7 nitrogen and oxygen atoms in total. The average molecular weight is 485 g/mol. The number of fused-ring (bicyclic) bond motifs is 1. The molecule has 0 saturated carbocycles. The number of benzene rings is 2. The largest absolute Gasteiger partial charge is 0.383 e. The van der Waals surface area contributed by atoms with E-state index in [0.29, 0.717) is 33.3 Å². The molecule has 0 fully saturated rings. The molecule has 5 aromatic rings. The van der Waals surface area contributed by atoms with E-state index in [0.717, 1.165) is 27.1 Å². The Morgan fingerprint density at radius 1 is 1.11 bits per heavy atom. The van der Waals surface area contributed by atoms with Crippen LogP contribution in [0.1, 0.15) is 6.92 Å². The van der Waals surface area contributed by atoms with Gasteiger partial charge in [0, 0.05) is 35.6 Å². The number of nitrogens with two attached hydrogens (primary N) is 1. The molecule has 1 amide bonds. The van der Waals surface area contributed by atoms with Crippen LogP contribution in [0.4, 0.5) is 15.9 Å². The van der Waals surface area contributed by atoms with Crippen LogP contribution in [0, 0.1) is 5.82 Å². The first kappa shape index (κ1) is 22.4. The highest BCUT2D eigenvalue weighted by Gasteiger charge is 2.23. The molecule has 3 aromatic heterocycles. The molecule has 0 aliphatic rings. The van der Waals surface area contributed by atoms with Gasteiger partial charge in [-0.1, -0.05) is 30.8 Å². The molecule has 3 heterocycles. The molecule has 0 saturated heterocycles. The fourth-order valence-corrected chi connectivity index (χ4v) is 4.91. The number of nitrogen functional groups attached to an aromatic ring is 1. The van der Waals surface area contributed by atoms with Gasteiger partial charge in [0.2, 0.25) is 0 Å². The quantitative estimate of drug-likeness (QED) is 0.314. The Morgan fingerprint density at radius 2 is 1.89 bits per heavy atom. The van der Waals surface area contributed by atoms with Gasteiger partial charge in [0.1, 0.15) is 28.6 Å². The van der Waals surface area contributed by atoms with Crippen LogP contribution in [0.5, 0.6) is 0 Å². The topological polar surface area (TPSA) is 98.7 Å². The summed E-state index contributed by atoms with van der Waals surface area (Å²) in [6, 6.07) is 13.9. The summed E-state index contributed by atoms with van der Waals surface area (Å²) in [6.07, 6.45) is 3.20. The monoisotopic (exact) mass is 484 g/mol. The number of aryl methyl sites for hydroxylation is 1. The predicted molar refractivity (Wildman–Crippen MR) is 138 cm³/mol. The summed E-state index contributed by atoms with van der Waals surface area (Å²) >= 11 is 1.44. The molecule has 3 N–H and O–H groups in total. The lowest BCUT2D eigenvalue weighted by Gasteiger charge is -2.09. The number of anilines is 2. The Bertz CT molecular complexity index is 1600. The maximum absolute atomic E-state index is 13.8. The normalized spacial score (nSPS) is 11.1. The zero-order chi connectivity index (χ0) is 24.7. The number of halogens is 1. The summed E-state index contributed by atoms with van der Waals surface area (Å²) in [4.78, 5) is 26.1. The molecule has 0 atom stereocenters. The van der Waals surface area contributed by atoms with E-state index >= 15 is 0 Å². The molecule has 0 aliphatic carbocycles. The van der Waals surface area contributed by atoms with Crippen molar-refractivity contribution < 1.29 is 9.18 Å². The SMILES string of the molecule is C=C(C)C(=O)Nc1ccc(-c2c(-c3cnc(-c4cccc(F)c4)s3)c3c(N)ncnc3n2C)cc1. The molecule has 0 unspecified atom stereocenters. The van der Waals surface area contributed by atoms with E-state index in [4.69, 9.17) is 5.73 Å². The summed E-state index contributed by atoms with van der Waals surface area (Å²) in [5, 5.41) is 4.23. The van der Waals surface area contributed by atoms with Crippen molar-refractivity contribution in [2.45, 2.75) is 6.92 Å². The van der Waals surface area contributed by atoms with E-state index < -0.39 is 0 Å². The van der Waals surface area contributed by atoms with E-state index in [-0.39, 0.29) is 11.7 Å². The first-order valence-electron chi connectivity index (χ1n) is 10.7. The molecule has 174 valence electrons. The molecule has 0 aliphatic heterocycles. The molecule has 0 radical (unpaired) electrons. The van der Waals surface area contributed by atoms with E-state index in [1.54, 1.807) is 19.2 Å². The number of amides is 1. The third kappa shape index (κ3) is 4.06. The van der Waals surface area contributed by atoms with Gasteiger partial charge in [0.05, 0.1) is 16.0 Å². The molecule has 2 aromatic carbocycles. The molecule has 0 bridgehead atoms. The van der Waals surface area contributed by atoms with Gasteiger partial charge in [0.25, 0.3) is 5.91 Å². The van der Waals surface area contributed by atoms with Crippen LogP contribution in [0.2, 0.25) is 0 Å². The summed E-state index contributed by atoms with van der Waals surface area (Å²) in [6.45, 7) is 5.33. The average Bonchev–Trinajstić information content (AvgIpc) is 3.43. The van der Waals surface area contributed by atoms with E-state index in [9.17, 15) is 9.18 Å². The summed E-state index contributed by atoms with van der Waals surface area (Å²) in [7, 11) is 1.92. The number of rotatable bonds is 5. The van der Waals surface area contributed by atoms with Crippen LogP contribution < -0.4 is 11.1 Å². The van der Waals surface area contributed by atoms with Crippen LogP contribution in [0.15, 0.2) is 73.2 Å². The van der Waals surface area contributed by atoms with Gasteiger partial charge >= 0.3 is 0 Å². The number of aromatic nitrogens is 4. The molecule has 35 heavy (non-hydrogen) atoms. The highest BCUT2D eigenvalue weighted by Crippen LogP contribution is 2.44. The van der Waals surface area contributed by atoms with Crippen molar-refractivity contribution in [3.63, 3.8) is 0 Å². The lowest BCUT2D eigenvalue weighted by molar-refractivity contribution is -0.112. The molecule has 0 spiro atoms. The minimum atomic E-state index is -0.318. The second-order valence-corrected chi connectivity index (χ2v) is 9.12. The van der Waals surface area contributed by atoms with Gasteiger partial charge in [-0.2, -0.15) is 0 Å². The maximum Gasteiger partial charge on any atom is 0.250 e. The lowest BCUT2D eigenvalue weighted by Crippen LogP contribution is -2.11. The van der Waals surface area contributed by atoms with Crippen molar-refractivity contribution in [2.75, 3.05) is 11.1 Å². The number of nitrogens with zero attached hydrogens (tertiary/aromatic N) is 4. The van der Waals surface area contributed by atoms with Crippen molar-refractivity contribution >= 4 is 39.8 Å². The Kier molecular flexibility index (Phi) is 5.62. The van der Waals surface area contributed by atoms with E-state index in [1.165, 1.54) is 29.8 Å². The Hall–Kier alpha value is -4.37. The number of thiazole rings is 1. The number of nitrogens with one attached hydrogen (secondary N) is 1. The van der Waals surface area contributed by atoms with E-state index in [1.807, 2.05) is 41.9 Å². The maximum atomic E-state index is 13.8. The number of hydrogen-bond donors (Lipinski definition) is 2. The molecule has 9 heteroatoms. The van der Waals surface area contributed by atoms with Crippen molar-refractivity contribution in [2.24, 2.45) is 7.05 Å². The first-order chi connectivity index (χ1) is 16.8. The third-order valence-corrected chi connectivity index (χ3v) is 6.69. The second kappa shape index (κ2) is 8.77. The molecular weight excluding hydrogens is 463 g/mol. The van der Waals surface area contributed by atoms with Crippen LogP contribution in [0.3, 0.4) is 0 Å². The van der Waals surface area contributed by atoms with Gasteiger partial charge in [-0.25, -0.2) is 19.3 Å². The van der Waals surface area contributed by atoms with Crippen molar-refractivity contribution in [1.29, 1.82) is 0 Å². The minimum absolute atomic E-state index is 0.236. The van der Waals surface area contributed by atoms with Crippen LogP contribution in [-0.2, 0) is 11.8 Å². The van der Waals surface area contributed by atoms with Crippen molar-refractivity contribution in [3.05, 3.63) is 79.0 Å². The van der Waals surface area contributed by atoms with Gasteiger partial charge < -0.3 is 15.6 Å². The standard InChI is InChI=1S/C26H21FN6OS/c1-14(2)25(34)32-18-9-7-15(8-10-18)22-20(21-23(28)30-13-31-24(21)33(22)3)19-12-29-26(35-19)16-5-4-6-17(27)11-16/h4-13H,1H2,2-3H3,(H,32,34)(H2,28,30,31). The van der Waals surface area contributed by atoms with Crippen molar-refractivity contribution in [1.82, 2.24) is 19.5 Å². The number of hydrogen-bond acceptors (Lipinski definition) is 6. The van der Waals surface area contributed by atoms with Crippen LogP contribution in [-0.4, -0.2) is 25.4 Å². The Morgan fingerprint density at radius 3 is 2.60 bits per heavy atom. The van der Waals surface area contributed by atoms with Crippen molar-refractivity contribution in [3.8, 4) is 32.3 Å². The Labute approximate surface area is 204 Å². The zero-order valence-electron chi connectivity index (χ0n) is 19.0. The second-order valence-electron chi connectivity index (χ2n) is 8.09. The van der Waals surface area contributed by atoms with Gasteiger partial charge in [-0.3, -0.25) is 4.79 Å². The zero-order valence-corrected chi connectivity index (χ0v) is 19.9. The fourth-order valence-electron chi connectivity index (χ4n) is 3.95. The first-order valence-corrected chi connectivity index (χ1v) is 11.5. The smallest absolute Gasteiger partial charge is 0.250 e. The fraction of sp³-hybridized carbons (Fsp3) is 0.0769. The van der Waals surface area contributed by atoms with Crippen LogP contribution >= 0.6 is 11.3 Å². The van der Waals surface area contributed by atoms with E-state index in [2.05, 4.69) is 26.8 Å². The lowest BCUT2D eigenvalue weighted by atomic mass is 10.0. The third-order valence-electron chi connectivity index (χ3n) is 5.62. The number of carbonyl (C=O) groups is 1. The molecule has 5 rings (SSSR count). The van der Waals surface area contributed by atoms with Gasteiger partial charge in [0.15, 0.2) is 0 Å². The van der Waals surface area contributed by atoms with Gasteiger partial charge in [-0.05, 0) is 36.8 Å². The van der Waals surface area contributed by atoms with Crippen LogP contribution in [0.25, 0.3) is 43.3 Å². The number of carbonyl (C=O) groups excluding carboxylic acids is 1. The Balaban J connectivity index is 1.66. The summed E-state index contributed by atoms with van der Waals surface area (Å²) in [5.41, 5.74) is 11.4. The minimum Gasteiger partial charge on any atom is -0.383 e. The summed E-state index contributed by atoms with van der Waals surface area (Å²) in [5.74, 6) is -0.194.